The molecule has 4 heterocycles. The van der Waals surface area contributed by atoms with Crippen LogP contribution in [0.3, 0.4) is 0 Å². The van der Waals surface area contributed by atoms with Crippen molar-refractivity contribution in [3.05, 3.63) is 30.5 Å². The summed E-state index contributed by atoms with van der Waals surface area (Å²) < 4.78 is 12.0. The van der Waals surface area contributed by atoms with E-state index in [-0.39, 0.29) is 0 Å². The summed E-state index contributed by atoms with van der Waals surface area (Å²) in [6.45, 7) is -0.0217. The molecule has 1 fully saturated rings. The van der Waals surface area contributed by atoms with Gasteiger partial charge in [0.15, 0.2) is 23.2 Å². The van der Waals surface area contributed by atoms with E-state index >= 15 is 0 Å². The highest BCUT2D eigenvalue weighted by Gasteiger charge is 2.44. The predicted octanol–water partition coefficient (Wildman–Crippen LogP) is -0.962. The maximum absolute atomic E-state index is 10.1. The second kappa shape index (κ2) is 6.37. The molecule has 0 bridgehead atoms. The first kappa shape index (κ1) is 15.9. The average Bonchev–Trinajstić information content (AvgIpc) is 3.34. The third-order valence-electron chi connectivity index (χ3n) is 4.03. The molecule has 0 unspecified atom stereocenters. The van der Waals surface area contributed by atoms with Crippen LogP contribution >= 0.6 is 0 Å². The average molecular weight is 348 g/mol. The van der Waals surface area contributed by atoms with E-state index in [1.165, 1.54) is 11.0 Å². The minimum atomic E-state index is -1.27. The van der Waals surface area contributed by atoms with Gasteiger partial charge in [0, 0.05) is 0 Å². The van der Waals surface area contributed by atoms with Gasteiger partial charge < -0.3 is 29.8 Å². The Kier molecular flexibility index (Phi) is 4.05. The summed E-state index contributed by atoms with van der Waals surface area (Å²) in [5.41, 5.74) is 0.707. The molecule has 4 atom stereocenters. The van der Waals surface area contributed by atoms with Crippen molar-refractivity contribution in [1.29, 1.82) is 0 Å². The molecule has 4 N–H and O–H groups in total. The van der Waals surface area contributed by atoms with Crippen molar-refractivity contribution in [2.75, 3.05) is 11.9 Å². The maximum Gasteiger partial charge on any atom is 0.186 e. The van der Waals surface area contributed by atoms with Crippen molar-refractivity contribution in [2.45, 2.75) is 31.1 Å². The Bertz CT molecular complexity index is 853. The number of hydrogen-bond acceptors (Lipinski definition) is 10. The molecule has 0 saturated carbocycles. The second-order valence-electron chi connectivity index (χ2n) is 5.59. The quantitative estimate of drug-likeness (QED) is 0.453. The van der Waals surface area contributed by atoms with Gasteiger partial charge in [0.2, 0.25) is 0 Å². The summed E-state index contributed by atoms with van der Waals surface area (Å²) >= 11 is 0. The monoisotopic (exact) mass is 348 g/mol. The zero-order valence-corrected chi connectivity index (χ0v) is 12.9. The molecule has 1 saturated heterocycles. The number of anilines is 1. The number of furan rings is 1. The van der Waals surface area contributed by atoms with Crippen molar-refractivity contribution >= 4 is 17.0 Å². The predicted molar refractivity (Wildman–Crippen MR) is 82.2 cm³/mol. The highest BCUT2D eigenvalue weighted by atomic mass is 16.6. The van der Waals surface area contributed by atoms with Crippen molar-refractivity contribution in [3.63, 3.8) is 0 Å². The molecule has 3 aromatic heterocycles. The van der Waals surface area contributed by atoms with Gasteiger partial charge in [-0.3, -0.25) is 0 Å². The lowest BCUT2D eigenvalue weighted by atomic mass is 10.1. The zero-order valence-electron chi connectivity index (χ0n) is 12.9. The molecule has 11 nitrogen and oxygen atoms in total. The van der Waals surface area contributed by atoms with Crippen molar-refractivity contribution in [2.24, 2.45) is 0 Å². The van der Waals surface area contributed by atoms with Crippen molar-refractivity contribution in [1.82, 2.24) is 25.0 Å². The fraction of sp³-hybridized carbons (Fsp3) is 0.429. The molecule has 132 valence electrons. The van der Waals surface area contributed by atoms with E-state index in [9.17, 15) is 15.3 Å². The molecule has 1 aliphatic heterocycles. The SMILES string of the molecule is OC[C@H]1O[C@@H](n2nnc3c(NCc4ccco4)ncnc32)[C@H](O)[C@@H]1O. The van der Waals surface area contributed by atoms with Crippen molar-refractivity contribution in [3.8, 4) is 0 Å². The number of rotatable bonds is 5. The van der Waals surface area contributed by atoms with Crippen LogP contribution in [0.15, 0.2) is 29.1 Å². The minimum absolute atomic E-state index is 0.326. The third-order valence-corrected chi connectivity index (χ3v) is 4.03. The Morgan fingerprint density at radius 3 is 2.84 bits per heavy atom. The molecule has 25 heavy (non-hydrogen) atoms. The van der Waals surface area contributed by atoms with Crippen LogP contribution in [-0.4, -0.2) is 65.2 Å². The minimum Gasteiger partial charge on any atom is -0.467 e. The first-order valence-electron chi connectivity index (χ1n) is 7.63. The number of nitrogens with zero attached hydrogens (tertiary/aromatic N) is 5. The van der Waals surface area contributed by atoms with Crippen LogP contribution in [-0.2, 0) is 11.3 Å². The van der Waals surface area contributed by atoms with Crippen LogP contribution in [0.2, 0.25) is 0 Å². The first-order valence-corrected chi connectivity index (χ1v) is 7.63. The second-order valence-corrected chi connectivity index (χ2v) is 5.59. The topological polar surface area (TPSA) is 152 Å². The number of aliphatic hydroxyl groups is 3. The van der Waals surface area contributed by atoms with E-state index in [0.717, 1.165) is 5.76 Å². The fourth-order valence-electron chi connectivity index (χ4n) is 2.73. The van der Waals surface area contributed by atoms with Crippen LogP contribution in [0.25, 0.3) is 11.2 Å². The number of fused-ring (bicyclic) bond motifs is 1. The van der Waals surface area contributed by atoms with Crippen LogP contribution < -0.4 is 5.32 Å². The fourth-order valence-corrected chi connectivity index (χ4v) is 2.73. The van der Waals surface area contributed by atoms with Crippen molar-refractivity contribution < 1.29 is 24.5 Å². The summed E-state index contributed by atoms with van der Waals surface area (Å²) in [5.74, 6) is 1.17. The molecular weight excluding hydrogens is 332 g/mol. The molecule has 0 amide bonds. The normalized spacial score (nSPS) is 26.4. The lowest BCUT2D eigenvalue weighted by Gasteiger charge is -2.14. The summed E-state index contributed by atoms with van der Waals surface area (Å²) in [5, 5.41) is 40.3. The summed E-state index contributed by atoms with van der Waals surface area (Å²) in [6.07, 6.45) is -1.51. The third kappa shape index (κ3) is 2.72. The smallest absolute Gasteiger partial charge is 0.186 e. The Balaban J connectivity index is 1.63. The van der Waals surface area contributed by atoms with Gasteiger partial charge in [0.05, 0.1) is 19.4 Å². The van der Waals surface area contributed by atoms with E-state index in [0.29, 0.717) is 23.5 Å². The molecule has 0 radical (unpaired) electrons. The van der Waals surface area contributed by atoms with Gasteiger partial charge in [-0.15, -0.1) is 5.10 Å². The number of hydrogen-bond donors (Lipinski definition) is 4. The van der Waals surface area contributed by atoms with Gasteiger partial charge in [0.1, 0.15) is 30.4 Å². The van der Waals surface area contributed by atoms with Crippen LogP contribution in [0.1, 0.15) is 12.0 Å². The molecular formula is C14H16N6O5. The zero-order chi connectivity index (χ0) is 17.4. The lowest BCUT2D eigenvalue weighted by molar-refractivity contribution is -0.0574. The van der Waals surface area contributed by atoms with E-state index < -0.39 is 31.1 Å². The van der Waals surface area contributed by atoms with Gasteiger partial charge in [-0.1, -0.05) is 5.21 Å². The molecule has 11 heteroatoms. The molecule has 0 aromatic carbocycles. The lowest BCUT2D eigenvalue weighted by Crippen LogP contribution is -2.33. The van der Waals surface area contributed by atoms with Crippen LogP contribution in [0.5, 0.6) is 0 Å². The van der Waals surface area contributed by atoms with Gasteiger partial charge in [-0.25, -0.2) is 9.97 Å². The Morgan fingerprint density at radius 1 is 1.24 bits per heavy atom. The van der Waals surface area contributed by atoms with Crippen LogP contribution in [0.4, 0.5) is 5.82 Å². The number of ether oxygens (including phenoxy) is 1. The standard InChI is InChI=1S/C14H16N6O5/c21-5-8-10(22)11(23)14(25-8)20-13-9(18-19-20)12(16-6-17-13)15-4-7-2-1-3-24-7/h1-3,6,8,10-11,14,21-23H,4-5H2,(H,15,16,17)/t8-,10-,11-,14-/m1/s1. The van der Waals surface area contributed by atoms with E-state index in [2.05, 4.69) is 25.6 Å². The molecule has 3 aromatic rings. The molecule has 1 aliphatic rings. The summed E-state index contributed by atoms with van der Waals surface area (Å²) in [6, 6.07) is 3.60. The maximum atomic E-state index is 10.1. The van der Waals surface area contributed by atoms with Gasteiger partial charge in [-0.05, 0) is 12.1 Å². The van der Waals surface area contributed by atoms with Gasteiger partial charge in [0.25, 0.3) is 0 Å². The summed E-state index contributed by atoms with van der Waals surface area (Å²) in [4.78, 5) is 8.27. The Morgan fingerprint density at radius 2 is 2.12 bits per heavy atom. The largest absolute Gasteiger partial charge is 0.467 e. The highest BCUT2D eigenvalue weighted by Crippen LogP contribution is 2.31. The number of aliphatic hydroxyl groups excluding tert-OH is 3. The van der Waals surface area contributed by atoms with E-state index in [1.807, 2.05) is 6.07 Å². The molecule has 0 spiro atoms. The Labute approximate surface area is 140 Å². The summed E-state index contributed by atoms with van der Waals surface area (Å²) in [7, 11) is 0. The molecule has 0 aliphatic carbocycles. The first-order chi connectivity index (χ1) is 12.2. The number of nitrogens with one attached hydrogen (secondary N) is 1. The van der Waals surface area contributed by atoms with Gasteiger partial charge in [-0.2, -0.15) is 4.68 Å². The van der Waals surface area contributed by atoms with Gasteiger partial charge >= 0.3 is 0 Å². The van der Waals surface area contributed by atoms with Crippen LogP contribution in [0, 0.1) is 0 Å². The highest BCUT2D eigenvalue weighted by molar-refractivity contribution is 5.81. The number of aromatic nitrogens is 5. The Hall–Kier alpha value is -2.60. The van der Waals surface area contributed by atoms with E-state index in [1.54, 1.807) is 12.3 Å². The van der Waals surface area contributed by atoms with E-state index in [4.69, 9.17) is 9.15 Å². The molecule has 4 rings (SSSR count).